The highest BCUT2D eigenvalue weighted by Crippen LogP contribution is 2.32. The molecule has 20 heavy (non-hydrogen) atoms. The lowest BCUT2D eigenvalue weighted by Crippen LogP contribution is -2.49. The Kier molecular flexibility index (Phi) is 4.54. The molecular weight excluding hydrogens is 266 g/mol. The summed E-state index contributed by atoms with van der Waals surface area (Å²) in [5.41, 5.74) is 6.11. The number of para-hydroxylation sites is 1. The first kappa shape index (κ1) is 14.7. The molecule has 1 saturated carbocycles. The molecule has 0 atom stereocenters. The molecule has 0 aliphatic heterocycles. The second-order valence-corrected chi connectivity index (χ2v) is 5.16. The van der Waals surface area contributed by atoms with Gasteiger partial charge in [0.05, 0.1) is 0 Å². The number of ether oxygens (including phenoxy) is 1. The predicted molar refractivity (Wildman–Crippen MR) is 70.3 cm³/mol. The van der Waals surface area contributed by atoms with Crippen molar-refractivity contribution in [3.05, 3.63) is 29.8 Å². The van der Waals surface area contributed by atoms with Crippen LogP contribution >= 0.6 is 0 Å². The molecule has 110 valence electrons. The van der Waals surface area contributed by atoms with E-state index in [0.29, 0.717) is 5.56 Å². The first-order valence-corrected chi connectivity index (χ1v) is 6.57. The Morgan fingerprint density at radius 1 is 1.40 bits per heavy atom. The van der Waals surface area contributed by atoms with Gasteiger partial charge in [-0.2, -0.15) is 8.78 Å². The van der Waals surface area contributed by atoms with Crippen molar-refractivity contribution in [2.75, 3.05) is 0 Å². The summed E-state index contributed by atoms with van der Waals surface area (Å²) >= 11 is 0. The number of amides is 1. The van der Waals surface area contributed by atoms with Gasteiger partial charge < -0.3 is 15.8 Å². The third-order valence-corrected chi connectivity index (χ3v) is 3.53. The quantitative estimate of drug-likeness (QED) is 0.841. The Labute approximate surface area is 116 Å². The van der Waals surface area contributed by atoms with Crippen molar-refractivity contribution < 1.29 is 18.3 Å². The minimum atomic E-state index is -2.88. The number of nitrogens with two attached hydrogens (primary N) is 1. The zero-order valence-electron chi connectivity index (χ0n) is 11.1. The number of hydrogen-bond acceptors (Lipinski definition) is 3. The van der Waals surface area contributed by atoms with E-state index in [1.807, 2.05) is 0 Å². The number of hydrogen-bond donors (Lipinski definition) is 2. The molecule has 0 heterocycles. The van der Waals surface area contributed by atoms with Gasteiger partial charge in [0.2, 0.25) is 5.91 Å². The molecule has 0 unspecified atom stereocenters. The molecule has 0 bridgehead atoms. The summed E-state index contributed by atoms with van der Waals surface area (Å²) in [6.07, 6.45) is 3.02. The van der Waals surface area contributed by atoms with Gasteiger partial charge in [-0.25, -0.2) is 0 Å². The maximum Gasteiger partial charge on any atom is 0.387 e. The van der Waals surface area contributed by atoms with E-state index in [9.17, 15) is 13.6 Å². The number of nitrogens with one attached hydrogen (secondary N) is 1. The van der Waals surface area contributed by atoms with Crippen LogP contribution in [-0.2, 0) is 11.3 Å². The molecule has 1 aromatic rings. The molecule has 1 amide bonds. The van der Waals surface area contributed by atoms with Crippen LogP contribution < -0.4 is 15.8 Å². The van der Waals surface area contributed by atoms with E-state index in [1.54, 1.807) is 18.2 Å². The second-order valence-electron chi connectivity index (χ2n) is 5.16. The molecule has 6 heteroatoms. The second kappa shape index (κ2) is 6.17. The van der Waals surface area contributed by atoms with Crippen LogP contribution in [0.3, 0.4) is 0 Å². The fourth-order valence-electron chi connectivity index (χ4n) is 2.24. The zero-order chi connectivity index (χ0) is 14.6. The van der Waals surface area contributed by atoms with Crippen LogP contribution in [0.25, 0.3) is 0 Å². The topological polar surface area (TPSA) is 64.4 Å². The average Bonchev–Trinajstić information content (AvgIpc) is 2.35. The summed E-state index contributed by atoms with van der Waals surface area (Å²) in [7, 11) is 0. The van der Waals surface area contributed by atoms with Gasteiger partial charge >= 0.3 is 6.61 Å². The number of rotatable bonds is 6. The molecule has 2 rings (SSSR count). The van der Waals surface area contributed by atoms with Crippen molar-refractivity contribution in [1.82, 2.24) is 5.32 Å². The fraction of sp³-hybridized carbons (Fsp3) is 0.500. The molecule has 4 nitrogen and oxygen atoms in total. The highest BCUT2D eigenvalue weighted by atomic mass is 19.3. The first-order chi connectivity index (χ1) is 9.48. The maximum atomic E-state index is 12.2. The molecule has 0 spiro atoms. The van der Waals surface area contributed by atoms with Gasteiger partial charge in [0.25, 0.3) is 0 Å². The van der Waals surface area contributed by atoms with Crippen molar-refractivity contribution in [2.45, 2.75) is 44.4 Å². The van der Waals surface area contributed by atoms with Crippen molar-refractivity contribution in [2.24, 2.45) is 5.73 Å². The van der Waals surface area contributed by atoms with Crippen LogP contribution in [0, 0.1) is 0 Å². The Balaban J connectivity index is 1.88. The van der Waals surface area contributed by atoms with Crippen LogP contribution in [-0.4, -0.2) is 18.1 Å². The molecule has 1 fully saturated rings. The third kappa shape index (κ3) is 3.90. The van der Waals surface area contributed by atoms with E-state index in [1.165, 1.54) is 6.07 Å². The van der Waals surface area contributed by atoms with Gasteiger partial charge in [-0.3, -0.25) is 4.79 Å². The van der Waals surface area contributed by atoms with E-state index in [2.05, 4.69) is 10.1 Å². The SMILES string of the molecule is NC1(CC(=O)NCc2ccccc2OC(F)F)CCC1. The number of halogens is 2. The van der Waals surface area contributed by atoms with Gasteiger partial charge in [0.15, 0.2) is 0 Å². The molecule has 1 aliphatic rings. The summed E-state index contributed by atoms with van der Waals surface area (Å²) in [4.78, 5) is 11.8. The van der Waals surface area contributed by atoms with Crippen molar-refractivity contribution in [1.29, 1.82) is 0 Å². The lowest BCUT2D eigenvalue weighted by atomic mass is 9.75. The summed E-state index contributed by atoms with van der Waals surface area (Å²) in [6, 6.07) is 6.39. The minimum Gasteiger partial charge on any atom is -0.434 e. The minimum absolute atomic E-state index is 0.0777. The maximum absolute atomic E-state index is 12.2. The first-order valence-electron chi connectivity index (χ1n) is 6.57. The Morgan fingerprint density at radius 2 is 2.10 bits per heavy atom. The van der Waals surface area contributed by atoms with Crippen LogP contribution in [0.1, 0.15) is 31.2 Å². The molecule has 1 aromatic carbocycles. The fourth-order valence-corrected chi connectivity index (χ4v) is 2.24. The molecule has 3 N–H and O–H groups in total. The van der Waals surface area contributed by atoms with E-state index in [0.717, 1.165) is 19.3 Å². The molecule has 0 radical (unpaired) electrons. The van der Waals surface area contributed by atoms with Crippen LogP contribution in [0.2, 0.25) is 0 Å². The van der Waals surface area contributed by atoms with Gasteiger partial charge in [-0.15, -0.1) is 0 Å². The molecule has 1 aliphatic carbocycles. The third-order valence-electron chi connectivity index (χ3n) is 3.53. The highest BCUT2D eigenvalue weighted by Gasteiger charge is 2.34. The predicted octanol–water partition coefficient (Wildman–Crippen LogP) is 2.18. The summed E-state index contributed by atoms with van der Waals surface area (Å²) in [6.45, 7) is -2.73. The Morgan fingerprint density at radius 3 is 2.70 bits per heavy atom. The molecule has 0 aromatic heterocycles. The normalized spacial score (nSPS) is 16.6. The van der Waals surface area contributed by atoms with E-state index in [4.69, 9.17) is 5.73 Å². The smallest absolute Gasteiger partial charge is 0.387 e. The van der Waals surface area contributed by atoms with Crippen LogP contribution in [0.5, 0.6) is 5.75 Å². The number of benzene rings is 1. The lowest BCUT2D eigenvalue weighted by Gasteiger charge is -2.37. The lowest BCUT2D eigenvalue weighted by molar-refractivity contribution is -0.123. The zero-order valence-corrected chi connectivity index (χ0v) is 11.1. The molecular formula is C14H18F2N2O2. The van der Waals surface area contributed by atoms with E-state index >= 15 is 0 Å². The van der Waals surface area contributed by atoms with E-state index in [-0.39, 0.29) is 30.2 Å². The summed E-state index contributed by atoms with van der Waals surface area (Å²) < 4.78 is 28.9. The standard InChI is InChI=1S/C14H18F2N2O2/c15-13(16)20-11-5-2-1-4-10(11)9-18-12(19)8-14(17)6-3-7-14/h1-2,4-5,13H,3,6-9,17H2,(H,18,19). The highest BCUT2D eigenvalue weighted by molar-refractivity contribution is 5.77. The Bertz CT molecular complexity index is 476. The van der Waals surface area contributed by atoms with Gasteiger partial charge in [0.1, 0.15) is 5.75 Å². The average molecular weight is 284 g/mol. The Hall–Kier alpha value is -1.69. The van der Waals surface area contributed by atoms with E-state index < -0.39 is 6.61 Å². The van der Waals surface area contributed by atoms with Gasteiger partial charge in [-0.1, -0.05) is 18.2 Å². The van der Waals surface area contributed by atoms with Crippen molar-refractivity contribution >= 4 is 5.91 Å². The van der Waals surface area contributed by atoms with Crippen molar-refractivity contribution in [3.8, 4) is 5.75 Å². The number of carbonyl (C=O) groups is 1. The van der Waals surface area contributed by atoms with Gasteiger partial charge in [0, 0.05) is 24.1 Å². The monoisotopic (exact) mass is 284 g/mol. The largest absolute Gasteiger partial charge is 0.434 e. The van der Waals surface area contributed by atoms with Crippen LogP contribution in [0.4, 0.5) is 8.78 Å². The molecule has 0 saturated heterocycles. The summed E-state index contributed by atoms with van der Waals surface area (Å²) in [5, 5.41) is 2.69. The summed E-state index contributed by atoms with van der Waals surface area (Å²) in [5.74, 6) is -0.0899. The number of alkyl halides is 2. The van der Waals surface area contributed by atoms with Crippen molar-refractivity contribution in [3.63, 3.8) is 0 Å². The van der Waals surface area contributed by atoms with Crippen LogP contribution in [0.15, 0.2) is 24.3 Å². The number of carbonyl (C=O) groups excluding carboxylic acids is 1. The van der Waals surface area contributed by atoms with Gasteiger partial charge in [-0.05, 0) is 25.3 Å².